The van der Waals surface area contributed by atoms with Gasteiger partial charge in [0.1, 0.15) is 0 Å². The molecule has 3 aromatic carbocycles. The van der Waals surface area contributed by atoms with Gasteiger partial charge in [-0.25, -0.2) is 4.99 Å². The van der Waals surface area contributed by atoms with Gasteiger partial charge in [0.2, 0.25) is 0 Å². The SMILES string of the molecule is COc1c(Cl)cc(/C=C2\SC(=Nc3ccc([N+](=O)[O-])cc3)N(CCc3c[nH]c4ccccc34)C2=O)cc1Br. The number of hydrogen-bond donors (Lipinski definition) is 1. The lowest BCUT2D eigenvalue weighted by Crippen LogP contribution is -2.31. The molecule has 11 heteroatoms. The molecule has 1 fully saturated rings. The first-order valence-electron chi connectivity index (χ1n) is 11.5. The van der Waals surface area contributed by atoms with Crippen LogP contribution in [0.1, 0.15) is 11.1 Å². The Bertz CT molecular complexity index is 1590. The van der Waals surface area contributed by atoms with Crippen LogP contribution in [-0.2, 0) is 11.2 Å². The summed E-state index contributed by atoms with van der Waals surface area (Å²) in [4.78, 5) is 34.2. The van der Waals surface area contributed by atoms with Gasteiger partial charge in [0.05, 0.1) is 32.1 Å². The Morgan fingerprint density at radius 1 is 1.21 bits per heavy atom. The highest BCUT2D eigenvalue weighted by molar-refractivity contribution is 9.10. The monoisotopic (exact) mass is 610 g/mol. The molecule has 1 aliphatic rings. The summed E-state index contributed by atoms with van der Waals surface area (Å²) in [6.07, 6.45) is 4.34. The topological polar surface area (TPSA) is 101 Å². The van der Waals surface area contributed by atoms with Crippen molar-refractivity contribution < 1.29 is 14.5 Å². The highest BCUT2D eigenvalue weighted by atomic mass is 79.9. The molecular weight excluding hydrogens is 592 g/mol. The molecule has 5 rings (SSSR count). The standard InChI is InChI=1S/C27H20BrClN4O4S/c1-37-25-21(28)12-16(13-22(25)29)14-24-26(34)32(11-10-17-15-30-23-5-3-2-4-20(17)23)27(38-24)31-18-6-8-19(9-7-18)33(35)36/h2-9,12-15,30H,10-11H2,1H3/b24-14-,31-27?. The van der Waals surface area contributed by atoms with Crippen molar-refractivity contribution in [2.75, 3.05) is 13.7 Å². The predicted octanol–water partition coefficient (Wildman–Crippen LogP) is 7.35. The largest absolute Gasteiger partial charge is 0.494 e. The second kappa shape index (κ2) is 11.0. The third-order valence-electron chi connectivity index (χ3n) is 5.98. The van der Waals surface area contributed by atoms with Gasteiger partial charge in [-0.1, -0.05) is 29.8 Å². The Hall–Kier alpha value is -3.60. The lowest BCUT2D eigenvalue weighted by atomic mass is 10.1. The van der Waals surface area contributed by atoms with E-state index in [0.29, 0.717) is 44.0 Å². The van der Waals surface area contributed by atoms with E-state index in [9.17, 15) is 14.9 Å². The summed E-state index contributed by atoms with van der Waals surface area (Å²) < 4.78 is 5.97. The number of rotatable bonds is 7. The number of amides is 1. The van der Waals surface area contributed by atoms with E-state index >= 15 is 0 Å². The number of nitrogens with one attached hydrogen (secondary N) is 1. The van der Waals surface area contributed by atoms with Crippen LogP contribution in [0.2, 0.25) is 5.02 Å². The Morgan fingerprint density at radius 2 is 1.97 bits per heavy atom. The maximum Gasteiger partial charge on any atom is 0.269 e. The molecule has 1 amide bonds. The van der Waals surface area contributed by atoms with Crippen LogP contribution in [0.15, 0.2) is 81.2 Å². The van der Waals surface area contributed by atoms with Crippen molar-refractivity contribution in [1.82, 2.24) is 9.88 Å². The first kappa shape index (κ1) is 26.0. The van der Waals surface area contributed by atoms with Gasteiger partial charge in [0.25, 0.3) is 11.6 Å². The number of para-hydroxylation sites is 1. The van der Waals surface area contributed by atoms with Gasteiger partial charge in [-0.3, -0.25) is 19.8 Å². The van der Waals surface area contributed by atoms with Crippen molar-refractivity contribution in [3.63, 3.8) is 0 Å². The molecular formula is C27H20BrClN4O4S. The molecule has 0 radical (unpaired) electrons. The van der Waals surface area contributed by atoms with Gasteiger partial charge in [-0.05, 0) is 81.6 Å². The molecule has 0 unspecified atom stereocenters. The summed E-state index contributed by atoms with van der Waals surface area (Å²) in [7, 11) is 1.53. The van der Waals surface area contributed by atoms with E-state index in [1.807, 2.05) is 36.5 Å². The van der Waals surface area contributed by atoms with Gasteiger partial charge < -0.3 is 9.72 Å². The maximum absolute atomic E-state index is 13.6. The lowest BCUT2D eigenvalue weighted by Gasteiger charge is -2.15. The van der Waals surface area contributed by atoms with Crippen molar-refractivity contribution in [2.24, 2.45) is 4.99 Å². The number of methoxy groups -OCH3 is 1. The molecule has 1 aliphatic heterocycles. The molecule has 0 saturated carbocycles. The van der Waals surface area contributed by atoms with E-state index in [2.05, 4.69) is 25.9 Å². The van der Waals surface area contributed by atoms with E-state index < -0.39 is 4.92 Å². The fourth-order valence-electron chi connectivity index (χ4n) is 4.13. The second-order valence-electron chi connectivity index (χ2n) is 8.36. The number of fused-ring (bicyclic) bond motifs is 1. The highest BCUT2D eigenvalue weighted by Gasteiger charge is 2.33. The van der Waals surface area contributed by atoms with Crippen molar-refractivity contribution in [3.05, 3.63) is 103 Å². The number of nitro groups is 1. The minimum absolute atomic E-state index is 0.0251. The highest BCUT2D eigenvalue weighted by Crippen LogP contribution is 2.38. The average molecular weight is 612 g/mol. The summed E-state index contributed by atoms with van der Waals surface area (Å²) in [5, 5.41) is 13.0. The van der Waals surface area contributed by atoms with Crippen molar-refractivity contribution in [3.8, 4) is 5.75 Å². The van der Waals surface area contributed by atoms with E-state index in [0.717, 1.165) is 22.0 Å². The normalized spacial score (nSPS) is 15.7. The number of nitrogens with zero attached hydrogens (tertiary/aromatic N) is 3. The smallest absolute Gasteiger partial charge is 0.269 e. The first-order valence-corrected chi connectivity index (χ1v) is 13.5. The zero-order chi connectivity index (χ0) is 26.8. The van der Waals surface area contributed by atoms with Crippen LogP contribution in [0.25, 0.3) is 17.0 Å². The van der Waals surface area contributed by atoms with Crippen LogP contribution in [0, 0.1) is 10.1 Å². The number of carbonyl (C=O) groups excluding carboxylic acids is 1. The minimum atomic E-state index is -0.461. The van der Waals surface area contributed by atoms with E-state index in [1.165, 1.54) is 31.0 Å². The molecule has 1 aromatic heterocycles. The third kappa shape index (κ3) is 5.33. The molecule has 38 heavy (non-hydrogen) atoms. The van der Waals surface area contributed by atoms with Gasteiger partial charge in [-0.15, -0.1) is 0 Å². The number of nitro benzene ring substituents is 1. The summed E-state index contributed by atoms with van der Waals surface area (Å²) in [5.74, 6) is 0.332. The molecule has 0 aliphatic carbocycles. The molecule has 8 nitrogen and oxygen atoms in total. The summed E-state index contributed by atoms with van der Waals surface area (Å²) in [6.45, 7) is 0.407. The maximum atomic E-state index is 13.6. The van der Waals surface area contributed by atoms with Gasteiger partial charge in [0.15, 0.2) is 10.9 Å². The average Bonchev–Trinajstić information content (AvgIpc) is 3.43. The zero-order valence-electron chi connectivity index (χ0n) is 20.0. The fraction of sp³-hybridized carbons (Fsp3) is 0.111. The zero-order valence-corrected chi connectivity index (χ0v) is 23.1. The van der Waals surface area contributed by atoms with Crippen LogP contribution in [0.4, 0.5) is 11.4 Å². The number of aromatic nitrogens is 1. The molecule has 1 saturated heterocycles. The minimum Gasteiger partial charge on any atom is -0.494 e. The van der Waals surface area contributed by atoms with Gasteiger partial charge >= 0.3 is 0 Å². The molecule has 1 N–H and O–H groups in total. The molecule has 192 valence electrons. The molecule has 2 heterocycles. The van der Waals surface area contributed by atoms with E-state index in [1.54, 1.807) is 29.2 Å². The van der Waals surface area contributed by atoms with Crippen LogP contribution >= 0.6 is 39.3 Å². The van der Waals surface area contributed by atoms with Gasteiger partial charge in [0, 0.05) is 35.8 Å². The summed E-state index contributed by atoms with van der Waals surface area (Å²) in [6, 6.07) is 17.5. The van der Waals surface area contributed by atoms with Crippen LogP contribution in [0.5, 0.6) is 5.75 Å². The van der Waals surface area contributed by atoms with Crippen molar-refractivity contribution in [2.45, 2.75) is 6.42 Å². The van der Waals surface area contributed by atoms with Crippen LogP contribution in [-0.4, -0.2) is 39.5 Å². The number of halogens is 2. The summed E-state index contributed by atoms with van der Waals surface area (Å²) in [5.41, 5.74) is 3.34. The number of ether oxygens (including phenoxy) is 1. The number of hydrogen-bond acceptors (Lipinski definition) is 6. The Labute approximate surface area is 235 Å². The number of thioether (sulfide) groups is 1. The molecule has 0 spiro atoms. The summed E-state index contributed by atoms with van der Waals surface area (Å²) >= 11 is 11.1. The number of carbonyl (C=O) groups is 1. The molecule has 0 atom stereocenters. The predicted molar refractivity (Wildman–Crippen MR) is 155 cm³/mol. The van der Waals surface area contributed by atoms with Crippen LogP contribution in [0.3, 0.4) is 0 Å². The van der Waals surface area contributed by atoms with E-state index in [4.69, 9.17) is 16.3 Å². The first-order chi connectivity index (χ1) is 18.3. The Morgan fingerprint density at radius 3 is 2.68 bits per heavy atom. The quantitative estimate of drug-likeness (QED) is 0.134. The van der Waals surface area contributed by atoms with E-state index in [-0.39, 0.29) is 11.6 Å². The lowest BCUT2D eigenvalue weighted by molar-refractivity contribution is -0.384. The molecule has 0 bridgehead atoms. The number of H-pyrrole nitrogens is 1. The number of aliphatic imine (C=N–C) groups is 1. The Kier molecular flexibility index (Phi) is 7.55. The number of aromatic amines is 1. The van der Waals surface area contributed by atoms with Gasteiger partial charge in [-0.2, -0.15) is 0 Å². The third-order valence-corrected chi connectivity index (χ3v) is 7.85. The van der Waals surface area contributed by atoms with Crippen molar-refractivity contribution in [1.29, 1.82) is 0 Å². The number of amidine groups is 1. The van der Waals surface area contributed by atoms with Crippen molar-refractivity contribution >= 4 is 78.7 Å². The van der Waals surface area contributed by atoms with Crippen LogP contribution < -0.4 is 4.74 Å². The Balaban J connectivity index is 1.48. The fourth-order valence-corrected chi connectivity index (χ4v) is 6.21. The molecule has 4 aromatic rings. The number of benzene rings is 3. The second-order valence-corrected chi connectivity index (χ2v) is 10.6. The number of non-ortho nitro benzene ring substituents is 1.